The van der Waals surface area contributed by atoms with Gasteiger partial charge in [-0.3, -0.25) is 0 Å². The molecule has 1 aliphatic heterocycles. The summed E-state index contributed by atoms with van der Waals surface area (Å²) in [7, 11) is 0. The Kier molecular flexibility index (Phi) is 4.10. The van der Waals surface area contributed by atoms with Crippen molar-refractivity contribution in [3.05, 3.63) is 58.6 Å². The minimum Gasteiger partial charge on any atom is -0.486 e. The predicted molar refractivity (Wildman–Crippen MR) is 80.8 cm³/mol. The van der Waals surface area contributed by atoms with E-state index in [1.807, 2.05) is 24.3 Å². The topological polar surface area (TPSA) is 44.8 Å². The van der Waals surface area contributed by atoms with Gasteiger partial charge in [-0.25, -0.2) is 4.79 Å². The van der Waals surface area contributed by atoms with Gasteiger partial charge in [-0.15, -0.1) is 0 Å². The van der Waals surface area contributed by atoms with Gasteiger partial charge in [0, 0.05) is 4.47 Å². The van der Waals surface area contributed by atoms with Gasteiger partial charge in [-0.2, -0.15) is 0 Å². The number of benzene rings is 2. The summed E-state index contributed by atoms with van der Waals surface area (Å²) in [6.07, 6.45) is -0.292. The Bertz CT molecular complexity index is 639. The summed E-state index contributed by atoms with van der Waals surface area (Å²) in [4.78, 5) is 11.9. The summed E-state index contributed by atoms with van der Waals surface area (Å²) in [6, 6.07) is 14.5. The third-order valence-electron chi connectivity index (χ3n) is 3.05. The molecule has 0 spiro atoms. The molecule has 1 aliphatic rings. The Labute approximate surface area is 130 Å². The van der Waals surface area contributed by atoms with Crippen molar-refractivity contribution in [2.24, 2.45) is 0 Å². The first kappa shape index (κ1) is 13.9. The lowest BCUT2D eigenvalue weighted by Crippen LogP contribution is -2.34. The van der Waals surface area contributed by atoms with Gasteiger partial charge in [0.05, 0.1) is 5.56 Å². The molecular formula is C16H13BrO4. The fourth-order valence-electron chi connectivity index (χ4n) is 1.98. The van der Waals surface area contributed by atoms with Crippen molar-refractivity contribution in [1.82, 2.24) is 0 Å². The molecule has 0 radical (unpaired) electrons. The second kappa shape index (κ2) is 6.18. The minimum absolute atomic E-state index is 0.156. The van der Waals surface area contributed by atoms with Crippen molar-refractivity contribution in [3.63, 3.8) is 0 Å². The van der Waals surface area contributed by atoms with E-state index in [4.69, 9.17) is 14.2 Å². The van der Waals surface area contributed by atoms with Gasteiger partial charge < -0.3 is 14.2 Å². The van der Waals surface area contributed by atoms with Crippen molar-refractivity contribution in [1.29, 1.82) is 0 Å². The molecule has 0 bridgehead atoms. The lowest BCUT2D eigenvalue weighted by molar-refractivity contribution is 0.0110. The number of rotatable bonds is 3. The van der Waals surface area contributed by atoms with Crippen LogP contribution >= 0.6 is 15.9 Å². The Morgan fingerprint density at radius 1 is 1.14 bits per heavy atom. The van der Waals surface area contributed by atoms with E-state index in [2.05, 4.69) is 15.9 Å². The molecular weight excluding hydrogens is 336 g/mol. The SMILES string of the molecule is O=C(OC[C@H]1COc2ccccc2O1)c1ccc(Br)cc1. The zero-order valence-electron chi connectivity index (χ0n) is 11.1. The normalized spacial score (nSPS) is 16.3. The number of hydrogen-bond acceptors (Lipinski definition) is 4. The number of para-hydroxylation sites is 2. The van der Waals surface area contributed by atoms with E-state index >= 15 is 0 Å². The molecule has 0 amide bonds. The van der Waals surface area contributed by atoms with Crippen molar-refractivity contribution >= 4 is 21.9 Å². The smallest absolute Gasteiger partial charge is 0.338 e. The van der Waals surface area contributed by atoms with Crippen LogP contribution in [0.1, 0.15) is 10.4 Å². The number of carbonyl (C=O) groups excluding carboxylic acids is 1. The lowest BCUT2D eigenvalue weighted by Gasteiger charge is -2.26. The second-order valence-electron chi connectivity index (χ2n) is 4.60. The van der Waals surface area contributed by atoms with E-state index in [0.717, 1.165) is 4.47 Å². The molecule has 5 heteroatoms. The molecule has 3 rings (SSSR count). The predicted octanol–water partition coefficient (Wildman–Crippen LogP) is 3.45. The average molecular weight is 349 g/mol. The van der Waals surface area contributed by atoms with Crippen LogP contribution in [0.25, 0.3) is 0 Å². The molecule has 4 nitrogen and oxygen atoms in total. The first-order valence-electron chi connectivity index (χ1n) is 6.53. The fourth-order valence-corrected chi connectivity index (χ4v) is 2.25. The number of carbonyl (C=O) groups is 1. The van der Waals surface area contributed by atoms with Crippen LogP contribution in [0.2, 0.25) is 0 Å². The molecule has 0 fully saturated rings. The molecule has 0 N–H and O–H groups in total. The van der Waals surface area contributed by atoms with Crippen LogP contribution in [0.5, 0.6) is 11.5 Å². The quantitative estimate of drug-likeness (QED) is 0.797. The van der Waals surface area contributed by atoms with Gasteiger partial charge in [0.2, 0.25) is 0 Å². The molecule has 2 aromatic carbocycles. The Hall–Kier alpha value is -2.01. The van der Waals surface area contributed by atoms with Crippen molar-refractivity contribution < 1.29 is 19.0 Å². The highest BCUT2D eigenvalue weighted by Crippen LogP contribution is 2.30. The van der Waals surface area contributed by atoms with E-state index in [0.29, 0.717) is 23.7 Å². The largest absolute Gasteiger partial charge is 0.486 e. The van der Waals surface area contributed by atoms with Gasteiger partial charge in [0.1, 0.15) is 13.2 Å². The standard InChI is InChI=1S/C16H13BrO4/c17-12-7-5-11(6-8-12)16(18)20-10-13-9-19-14-3-1-2-4-15(14)21-13/h1-8,13H,9-10H2/t13-/m1/s1. The van der Waals surface area contributed by atoms with Crippen LogP contribution in [-0.4, -0.2) is 25.3 Å². The number of hydrogen-bond donors (Lipinski definition) is 0. The first-order valence-corrected chi connectivity index (χ1v) is 7.33. The summed E-state index contributed by atoms with van der Waals surface area (Å²) in [6.45, 7) is 0.522. The highest BCUT2D eigenvalue weighted by molar-refractivity contribution is 9.10. The Morgan fingerprint density at radius 3 is 2.62 bits per heavy atom. The summed E-state index contributed by atoms with van der Waals surface area (Å²) in [5.74, 6) is 1.02. The average Bonchev–Trinajstić information content (AvgIpc) is 2.53. The molecule has 0 aliphatic carbocycles. The molecule has 0 aromatic heterocycles. The van der Waals surface area contributed by atoms with Gasteiger partial charge in [-0.05, 0) is 36.4 Å². The number of esters is 1. The maximum atomic E-state index is 11.9. The molecule has 1 heterocycles. The molecule has 0 saturated carbocycles. The molecule has 0 unspecified atom stereocenters. The maximum absolute atomic E-state index is 11.9. The van der Waals surface area contributed by atoms with Gasteiger partial charge in [0.15, 0.2) is 17.6 Å². The van der Waals surface area contributed by atoms with Gasteiger partial charge >= 0.3 is 5.97 Å². The zero-order chi connectivity index (χ0) is 14.7. The molecule has 21 heavy (non-hydrogen) atoms. The van der Waals surface area contributed by atoms with Crippen LogP contribution in [0, 0.1) is 0 Å². The monoisotopic (exact) mass is 348 g/mol. The second-order valence-corrected chi connectivity index (χ2v) is 5.52. The third kappa shape index (κ3) is 3.36. The fraction of sp³-hybridized carbons (Fsp3) is 0.188. The molecule has 2 aromatic rings. The van der Waals surface area contributed by atoms with E-state index in [1.165, 1.54) is 0 Å². The summed E-state index contributed by atoms with van der Waals surface area (Å²) in [5.41, 5.74) is 0.510. The third-order valence-corrected chi connectivity index (χ3v) is 3.58. The van der Waals surface area contributed by atoms with Crippen LogP contribution in [0.3, 0.4) is 0 Å². The maximum Gasteiger partial charge on any atom is 0.338 e. The van der Waals surface area contributed by atoms with Crippen molar-refractivity contribution in [3.8, 4) is 11.5 Å². The molecule has 108 valence electrons. The summed E-state index contributed by atoms with van der Waals surface area (Å²) in [5, 5.41) is 0. The van der Waals surface area contributed by atoms with E-state index < -0.39 is 0 Å². The minimum atomic E-state index is -0.370. The van der Waals surface area contributed by atoms with Gasteiger partial charge in [0.25, 0.3) is 0 Å². The number of halogens is 1. The molecule has 1 atom stereocenters. The van der Waals surface area contributed by atoms with Crippen LogP contribution in [0.15, 0.2) is 53.0 Å². The van der Waals surface area contributed by atoms with Crippen LogP contribution < -0.4 is 9.47 Å². The Balaban J connectivity index is 1.56. The number of ether oxygens (including phenoxy) is 3. The van der Waals surface area contributed by atoms with Crippen molar-refractivity contribution in [2.75, 3.05) is 13.2 Å². The van der Waals surface area contributed by atoms with E-state index in [-0.39, 0.29) is 18.7 Å². The molecule has 0 saturated heterocycles. The highest BCUT2D eigenvalue weighted by atomic mass is 79.9. The number of fused-ring (bicyclic) bond motifs is 1. The summed E-state index contributed by atoms with van der Waals surface area (Å²) >= 11 is 3.32. The van der Waals surface area contributed by atoms with E-state index in [1.54, 1.807) is 24.3 Å². The highest BCUT2D eigenvalue weighted by Gasteiger charge is 2.22. The van der Waals surface area contributed by atoms with Crippen LogP contribution in [-0.2, 0) is 4.74 Å². The van der Waals surface area contributed by atoms with Crippen LogP contribution in [0.4, 0.5) is 0 Å². The van der Waals surface area contributed by atoms with E-state index in [9.17, 15) is 4.79 Å². The summed E-state index contributed by atoms with van der Waals surface area (Å²) < 4.78 is 17.5. The first-order chi connectivity index (χ1) is 10.2. The Morgan fingerprint density at radius 2 is 1.86 bits per heavy atom. The lowest BCUT2D eigenvalue weighted by atomic mass is 10.2. The zero-order valence-corrected chi connectivity index (χ0v) is 12.7. The van der Waals surface area contributed by atoms with Crippen molar-refractivity contribution in [2.45, 2.75) is 6.10 Å². The van der Waals surface area contributed by atoms with Gasteiger partial charge in [-0.1, -0.05) is 28.1 Å².